The molecule has 1 aliphatic carbocycles. The van der Waals surface area contributed by atoms with Crippen molar-refractivity contribution in [2.24, 2.45) is 0 Å². The zero-order chi connectivity index (χ0) is 14.4. The van der Waals surface area contributed by atoms with Crippen molar-refractivity contribution < 1.29 is 9.53 Å². The molecule has 1 fully saturated rings. The highest BCUT2D eigenvalue weighted by Crippen LogP contribution is 2.34. The van der Waals surface area contributed by atoms with Crippen LogP contribution in [0.3, 0.4) is 0 Å². The Morgan fingerprint density at radius 3 is 2.05 bits per heavy atom. The van der Waals surface area contributed by atoms with Crippen LogP contribution >= 0.6 is 0 Å². The summed E-state index contributed by atoms with van der Waals surface area (Å²) in [5.41, 5.74) is 2.18. The van der Waals surface area contributed by atoms with E-state index < -0.39 is 8.07 Å². The van der Waals surface area contributed by atoms with Crippen LogP contribution in [0.4, 0.5) is 0 Å². The highest BCUT2D eigenvalue weighted by Gasteiger charge is 2.34. The lowest BCUT2D eigenvalue weighted by atomic mass is 9.85. The predicted octanol–water partition coefficient (Wildman–Crippen LogP) is 4.86. The van der Waals surface area contributed by atoms with Gasteiger partial charge in [-0.15, -0.1) is 0 Å². The lowest BCUT2D eigenvalue weighted by Crippen LogP contribution is -2.37. The molecule has 0 amide bonds. The van der Waals surface area contributed by atoms with Crippen LogP contribution in [0.1, 0.15) is 59.8 Å². The van der Waals surface area contributed by atoms with Crippen molar-refractivity contribution in [3.8, 4) is 0 Å². The minimum Gasteiger partial charge on any atom is -0.455 e. The molecule has 0 aliphatic heterocycles. The number of esters is 1. The molecule has 110 valence electrons. The van der Waals surface area contributed by atoms with Gasteiger partial charge in [-0.2, -0.15) is 0 Å². The molecular weight excluding hydrogens is 252 g/mol. The molecular formula is C16H30O2Si. The van der Waals surface area contributed by atoms with Crippen molar-refractivity contribution in [2.45, 2.75) is 83.5 Å². The number of carbonyl (C=O) groups is 1. The number of hydrogen-bond acceptors (Lipinski definition) is 2. The third kappa shape index (κ3) is 4.48. The largest absolute Gasteiger partial charge is 0.455 e. The van der Waals surface area contributed by atoms with Crippen molar-refractivity contribution in [3.63, 3.8) is 0 Å². The van der Waals surface area contributed by atoms with Crippen LogP contribution in [0.5, 0.6) is 0 Å². The van der Waals surface area contributed by atoms with Gasteiger partial charge in [-0.05, 0) is 31.8 Å². The Bertz CT molecular complexity index is 304. The Morgan fingerprint density at radius 2 is 1.63 bits per heavy atom. The molecule has 0 aromatic carbocycles. The first kappa shape index (κ1) is 16.5. The Labute approximate surface area is 119 Å². The molecule has 1 rings (SSSR count). The van der Waals surface area contributed by atoms with E-state index in [9.17, 15) is 4.79 Å². The fraction of sp³-hybridized carbons (Fsp3) is 0.812. The predicted molar refractivity (Wildman–Crippen MR) is 83.9 cm³/mol. The summed E-state index contributed by atoms with van der Waals surface area (Å²) < 4.78 is 5.70. The van der Waals surface area contributed by atoms with E-state index in [4.69, 9.17) is 4.74 Å². The molecule has 1 saturated carbocycles. The van der Waals surface area contributed by atoms with Crippen molar-refractivity contribution >= 4 is 14.0 Å². The second kappa shape index (κ2) is 7.27. The van der Waals surface area contributed by atoms with Crippen LogP contribution in [0.25, 0.3) is 0 Å². The molecule has 0 unspecified atom stereocenters. The van der Waals surface area contributed by atoms with Crippen LogP contribution in [0.15, 0.2) is 11.8 Å². The number of rotatable bonds is 6. The average molecular weight is 282 g/mol. The zero-order valence-electron chi connectivity index (χ0n) is 13.1. The molecule has 0 radical (unpaired) electrons. The molecule has 0 aromatic rings. The Balaban J connectivity index is 2.89. The van der Waals surface area contributed by atoms with Crippen LogP contribution < -0.4 is 0 Å². The molecule has 2 nitrogen and oxygen atoms in total. The fourth-order valence-corrected chi connectivity index (χ4v) is 6.04. The molecule has 19 heavy (non-hydrogen) atoms. The van der Waals surface area contributed by atoms with E-state index in [1.54, 1.807) is 0 Å². The van der Waals surface area contributed by atoms with Crippen LogP contribution in [-0.2, 0) is 9.53 Å². The summed E-state index contributed by atoms with van der Waals surface area (Å²) >= 11 is 0. The van der Waals surface area contributed by atoms with E-state index in [1.165, 1.54) is 44.3 Å². The third-order valence-corrected chi connectivity index (χ3v) is 10.00. The Hall–Kier alpha value is -0.573. The van der Waals surface area contributed by atoms with Gasteiger partial charge in [0.05, 0.1) is 8.07 Å². The van der Waals surface area contributed by atoms with Gasteiger partial charge >= 0.3 is 5.97 Å². The highest BCUT2D eigenvalue weighted by atomic mass is 28.3. The van der Waals surface area contributed by atoms with E-state index in [1.807, 2.05) is 0 Å². The van der Waals surface area contributed by atoms with Gasteiger partial charge in [0.1, 0.15) is 5.60 Å². The SMILES string of the molecule is CC[Si](/C=C/C1(OC(C)=O)CCCCC1)(CC)CC. The van der Waals surface area contributed by atoms with Gasteiger partial charge in [0, 0.05) is 6.92 Å². The van der Waals surface area contributed by atoms with Gasteiger partial charge in [-0.25, -0.2) is 0 Å². The van der Waals surface area contributed by atoms with Gasteiger partial charge in [0.25, 0.3) is 0 Å². The normalized spacial score (nSPS) is 19.6. The summed E-state index contributed by atoms with van der Waals surface area (Å²) in [7, 11) is -1.27. The summed E-state index contributed by atoms with van der Waals surface area (Å²) in [4.78, 5) is 11.4. The minimum absolute atomic E-state index is 0.136. The minimum atomic E-state index is -1.27. The molecule has 0 N–H and O–H groups in total. The first-order valence-corrected chi connectivity index (χ1v) is 10.6. The molecule has 0 saturated heterocycles. The van der Waals surface area contributed by atoms with Gasteiger partial charge in [-0.1, -0.05) is 51.0 Å². The fourth-order valence-electron chi connectivity index (χ4n) is 3.17. The summed E-state index contributed by atoms with van der Waals surface area (Å²) in [6.07, 6.45) is 7.91. The molecule has 0 bridgehead atoms. The smallest absolute Gasteiger partial charge is 0.303 e. The molecule has 1 aliphatic rings. The Morgan fingerprint density at radius 1 is 1.11 bits per heavy atom. The van der Waals surface area contributed by atoms with Gasteiger partial charge in [0.2, 0.25) is 0 Å². The number of ether oxygens (including phenoxy) is 1. The second-order valence-electron chi connectivity index (χ2n) is 5.98. The van der Waals surface area contributed by atoms with E-state index >= 15 is 0 Å². The van der Waals surface area contributed by atoms with E-state index in [0.717, 1.165) is 12.8 Å². The maximum Gasteiger partial charge on any atom is 0.303 e. The molecule has 3 heteroatoms. The lowest BCUT2D eigenvalue weighted by molar-refractivity contribution is -0.154. The Kier molecular flexibility index (Phi) is 6.31. The highest BCUT2D eigenvalue weighted by molar-refractivity contribution is 6.84. The molecule has 0 spiro atoms. The summed E-state index contributed by atoms with van der Waals surface area (Å²) in [6, 6.07) is 3.85. The first-order chi connectivity index (χ1) is 9.01. The van der Waals surface area contributed by atoms with Crippen molar-refractivity contribution in [2.75, 3.05) is 0 Å². The van der Waals surface area contributed by atoms with Crippen LogP contribution in [0, 0.1) is 0 Å². The van der Waals surface area contributed by atoms with Gasteiger partial charge in [0.15, 0.2) is 0 Å². The third-order valence-electron chi connectivity index (χ3n) is 4.90. The molecule has 0 atom stereocenters. The van der Waals surface area contributed by atoms with Crippen LogP contribution in [-0.4, -0.2) is 19.6 Å². The number of hydrogen-bond donors (Lipinski definition) is 0. The van der Waals surface area contributed by atoms with E-state index in [0.29, 0.717) is 0 Å². The zero-order valence-corrected chi connectivity index (χ0v) is 14.1. The van der Waals surface area contributed by atoms with Crippen LogP contribution in [0.2, 0.25) is 18.1 Å². The van der Waals surface area contributed by atoms with Crippen molar-refractivity contribution in [1.82, 2.24) is 0 Å². The topological polar surface area (TPSA) is 26.3 Å². The number of carbonyl (C=O) groups excluding carboxylic acids is 1. The first-order valence-electron chi connectivity index (χ1n) is 7.91. The van der Waals surface area contributed by atoms with Crippen molar-refractivity contribution in [3.05, 3.63) is 11.8 Å². The summed E-state index contributed by atoms with van der Waals surface area (Å²) in [5.74, 6) is -0.136. The average Bonchev–Trinajstić information content (AvgIpc) is 2.41. The van der Waals surface area contributed by atoms with Gasteiger partial charge in [-0.3, -0.25) is 4.79 Å². The van der Waals surface area contributed by atoms with E-state index in [-0.39, 0.29) is 11.6 Å². The van der Waals surface area contributed by atoms with E-state index in [2.05, 4.69) is 32.5 Å². The maximum atomic E-state index is 11.4. The van der Waals surface area contributed by atoms with Crippen molar-refractivity contribution in [1.29, 1.82) is 0 Å². The monoisotopic (exact) mass is 282 g/mol. The quantitative estimate of drug-likeness (QED) is 0.514. The van der Waals surface area contributed by atoms with Gasteiger partial charge < -0.3 is 4.74 Å². The maximum absolute atomic E-state index is 11.4. The lowest BCUT2D eigenvalue weighted by Gasteiger charge is -2.35. The molecule has 0 aromatic heterocycles. The summed E-state index contributed by atoms with van der Waals surface area (Å²) in [5, 5.41) is 0. The second-order valence-corrected chi connectivity index (χ2v) is 11.2. The standard InChI is InChI=1S/C16H30O2Si/c1-5-19(6-2,7-3)14-13-16(18-15(4)17)11-9-8-10-12-16/h13-14H,5-12H2,1-4H3/b14-13+. The molecule has 0 heterocycles. The summed E-state index contributed by atoms with van der Waals surface area (Å²) in [6.45, 7) is 8.46.